The Labute approximate surface area is 169 Å². The zero-order valence-corrected chi connectivity index (χ0v) is 16.2. The van der Waals surface area contributed by atoms with Gasteiger partial charge in [-0.3, -0.25) is 14.6 Å². The maximum Gasteiger partial charge on any atom is 0.253 e. The van der Waals surface area contributed by atoms with E-state index in [1.54, 1.807) is 13.2 Å². The van der Waals surface area contributed by atoms with Gasteiger partial charge in [0.2, 0.25) is 0 Å². The lowest BCUT2D eigenvalue weighted by Gasteiger charge is -2.08. The molecular weight excluding hydrogens is 366 g/mol. The Morgan fingerprint density at radius 1 is 0.862 bits per heavy atom. The minimum atomic E-state index is -0.269. The molecule has 0 aliphatic rings. The number of carbonyl (C=O) groups excluding carboxylic acids is 2. The van der Waals surface area contributed by atoms with Gasteiger partial charge in [-0.15, -0.1) is 0 Å². The monoisotopic (exact) mass is 389 g/mol. The molecule has 0 fully saturated rings. The van der Waals surface area contributed by atoms with Gasteiger partial charge in [-0.1, -0.05) is 42.5 Å². The molecule has 3 aromatic rings. The van der Waals surface area contributed by atoms with Crippen molar-refractivity contribution >= 4 is 11.8 Å². The van der Waals surface area contributed by atoms with Gasteiger partial charge in [0.25, 0.3) is 11.8 Å². The molecule has 1 heterocycles. The van der Waals surface area contributed by atoms with E-state index in [0.717, 1.165) is 16.9 Å². The molecule has 1 aromatic heterocycles. The summed E-state index contributed by atoms with van der Waals surface area (Å²) in [6.45, 7) is 0.896. The zero-order chi connectivity index (χ0) is 20.5. The number of hydrogen-bond acceptors (Lipinski definition) is 4. The van der Waals surface area contributed by atoms with Gasteiger partial charge in [0, 0.05) is 25.5 Å². The number of nitrogens with one attached hydrogen (secondary N) is 2. The highest BCUT2D eigenvalue weighted by molar-refractivity contribution is 5.99. The number of carbonyl (C=O) groups is 2. The molecule has 0 aliphatic heterocycles. The van der Waals surface area contributed by atoms with Gasteiger partial charge in [-0.2, -0.15) is 0 Å². The third kappa shape index (κ3) is 5.90. The lowest BCUT2D eigenvalue weighted by Crippen LogP contribution is -2.27. The molecule has 0 bridgehead atoms. The molecule has 0 radical (unpaired) electrons. The van der Waals surface area contributed by atoms with E-state index >= 15 is 0 Å². The molecule has 2 N–H and O–H groups in total. The van der Waals surface area contributed by atoms with Crippen LogP contribution in [0.5, 0.6) is 5.75 Å². The maximum atomic E-state index is 12.4. The second-order valence-electron chi connectivity index (χ2n) is 6.48. The van der Waals surface area contributed by atoms with E-state index in [9.17, 15) is 9.59 Å². The van der Waals surface area contributed by atoms with Gasteiger partial charge >= 0.3 is 0 Å². The number of hydrogen-bond donors (Lipinski definition) is 2. The summed E-state index contributed by atoms with van der Waals surface area (Å²) in [6, 6.07) is 18.9. The summed E-state index contributed by atoms with van der Waals surface area (Å²) in [7, 11) is 1.62. The van der Waals surface area contributed by atoms with Crippen LogP contribution in [-0.4, -0.2) is 30.5 Å². The normalized spacial score (nSPS) is 10.2. The van der Waals surface area contributed by atoms with Crippen molar-refractivity contribution < 1.29 is 14.3 Å². The van der Waals surface area contributed by atoms with Crippen LogP contribution in [0.25, 0.3) is 0 Å². The van der Waals surface area contributed by atoms with Gasteiger partial charge in [-0.25, -0.2) is 0 Å². The molecule has 0 aliphatic carbocycles. The van der Waals surface area contributed by atoms with Crippen LogP contribution in [0.1, 0.15) is 31.8 Å². The summed E-state index contributed by atoms with van der Waals surface area (Å²) < 4.78 is 5.13. The van der Waals surface area contributed by atoms with Crippen LogP contribution in [0.2, 0.25) is 0 Å². The van der Waals surface area contributed by atoms with Crippen molar-refractivity contribution in [3.63, 3.8) is 0 Å². The quantitative estimate of drug-likeness (QED) is 0.621. The largest absolute Gasteiger partial charge is 0.497 e. The number of amides is 2. The third-order valence-corrected chi connectivity index (χ3v) is 4.42. The van der Waals surface area contributed by atoms with Crippen LogP contribution in [0.15, 0.2) is 73.1 Å². The Kier molecular flexibility index (Phi) is 6.95. The molecule has 6 nitrogen and oxygen atoms in total. The molecule has 6 heteroatoms. The summed E-state index contributed by atoms with van der Waals surface area (Å²) in [6.07, 6.45) is 3.60. The first kappa shape index (κ1) is 20.1. The van der Waals surface area contributed by atoms with E-state index in [2.05, 4.69) is 15.6 Å². The molecular formula is C23H23N3O3. The van der Waals surface area contributed by atoms with Crippen molar-refractivity contribution in [2.45, 2.75) is 13.0 Å². The molecule has 0 saturated heterocycles. The molecule has 148 valence electrons. The van der Waals surface area contributed by atoms with Crippen LogP contribution < -0.4 is 15.4 Å². The van der Waals surface area contributed by atoms with Crippen molar-refractivity contribution in [1.82, 2.24) is 15.6 Å². The number of benzene rings is 2. The summed E-state index contributed by atoms with van der Waals surface area (Å²) in [5, 5.41) is 5.69. The molecule has 3 rings (SSSR count). The van der Waals surface area contributed by atoms with Crippen molar-refractivity contribution in [2.24, 2.45) is 0 Å². The van der Waals surface area contributed by atoms with E-state index in [4.69, 9.17) is 4.74 Å². The van der Waals surface area contributed by atoms with E-state index in [1.807, 2.05) is 54.6 Å². The molecule has 0 unspecified atom stereocenters. The van der Waals surface area contributed by atoms with Gasteiger partial charge in [-0.05, 0) is 35.7 Å². The number of ether oxygens (including phenoxy) is 1. The molecule has 0 atom stereocenters. The standard InChI is InChI=1S/C23H23N3O3/c1-29-21-9-7-17(8-10-21)11-12-25-22(27)19-13-20(16-24-15-19)23(28)26-14-18-5-3-2-4-6-18/h2-10,13,15-16H,11-12,14H2,1H3,(H,25,27)(H,26,28). The van der Waals surface area contributed by atoms with E-state index in [-0.39, 0.29) is 11.8 Å². The van der Waals surface area contributed by atoms with Crippen molar-refractivity contribution in [3.05, 3.63) is 95.3 Å². The van der Waals surface area contributed by atoms with Crippen molar-refractivity contribution in [1.29, 1.82) is 0 Å². The Bertz CT molecular complexity index is 957. The lowest BCUT2D eigenvalue weighted by atomic mass is 10.1. The fourth-order valence-electron chi connectivity index (χ4n) is 2.78. The van der Waals surface area contributed by atoms with Gasteiger partial charge in [0.05, 0.1) is 18.2 Å². The fourth-order valence-corrected chi connectivity index (χ4v) is 2.78. The first-order valence-corrected chi connectivity index (χ1v) is 9.34. The van der Waals surface area contributed by atoms with E-state index in [0.29, 0.717) is 30.6 Å². The Balaban J connectivity index is 1.52. The molecule has 2 amide bonds. The maximum absolute atomic E-state index is 12.4. The molecule has 2 aromatic carbocycles. The predicted octanol–water partition coefficient (Wildman–Crippen LogP) is 2.99. The molecule has 29 heavy (non-hydrogen) atoms. The lowest BCUT2D eigenvalue weighted by molar-refractivity contribution is 0.0950. The summed E-state index contributed by atoms with van der Waals surface area (Å²) in [5.41, 5.74) is 2.80. The number of pyridine rings is 1. The molecule has 0 spiro atoms. The topological polar surface area (TPSA) is 80.3 Å². The van der Waals surface area contributed by atoms with Crippen molar-refractivity contribution in [2.75, 3.05) is 13.7 Å². The number of methoxy groups -OCH3 is 1. The van der Waals surface area contributed by atoms with E-state index in [1.165, 1.54) is 12.4 Å². The van der Waals surface area contributed by atoms with Crippen LogP contribution in [-0.2, 0) is 13.0 Å². The number of aromatic nitrogens is 1. The van der Waals surface area contributed by atoms with E-state index < -0.39 is 0 Å². The van der Waals surface area contributed by atoms with Gasteiger partial charge in [0.15, 0.2) is 0 Å². The highest BCUT2D eigenvalue weighted by atomic mass is 16.5. The number of rotatable bonds is 8. The Hall–Kier alpha value is -3.67. The second kappa shape index (κ2) is 10.0. The van der Waals surface area contributed by atoms with Gasteiger partial charge < -0.3 is 15.4 Å². The van der Waals surface area contributed by atoms with Gasteiger partial charge in [0.1, 0.15) is 5.75 Å². The highest BCUT2D eigenvalue weighted by Gasteiger charge is 2.11. The average Bonchev–Trinajstić information content (AvgIpc) is 2.78. The summed E-state index contributed by atoms with van der Waals surface area (Å²) in [5.74, 6) is 0.268. The van der Waals surface area contributed by atoms with Crippen LogP contribution in [0.3, 0.4) is 0 Å². The third-order valence-electron chi connectivity index (χ3n) is 4.42. The minimum Gasteiger partial charge on any atom is -0.497 e. The smallest absolute Gasteiger partial charge is 0.253 e. The van der Waals surface area contributed by atoms with Crippen LogP contribution in [0, 0.1) is 0 Å². The van der Waals surface area contributed by atoms with Crippen LogP contribution >= 0.6 is 0 Å². The highest BCUT2D eigenvalue weighted by Crippen LogP contribution is 2.11. The zero-order valence-electron chi connectivity index (χ0n) is 16.2. The SMILES string of the molecule is COc1ccc(CCNC(=O)c2cncc(C(=O)NCc3ccccc3)c2)cc1. The van der Waals surface area contributed by atoms with Crippen molar-refractivity contribution in [3.8, 4) is 5.75 Å². The summed E-state index contributed by atoms with van der Waals surface area (Å²) >= 11 is 0. The predicted molar refractivity (Wildman–Crippen MR) is 111 cm³/mol. The van der Waals surface area contributed by atoms with Crippen LogP contribution in [0.4, 0.5) is 0 Å². The molecule has 0 saturated carbocycles. The number of nitrogens with zero attached hydrogens (tertiary/aromatic N) is 1. The Morgan fingerprint density at radius 2 is 1.52 bits per heavy atom. The summed E-state index contributed by atoms with van der Waals surface area (Å²) in [4.78, 5) is 28.8. The first-order chi connectivity index (χ1) is 14.2. The first-order valence-electron chi connectivity index (χ1n) is 9.34. The Morgan fingerprint density at radius 3 is 2.17 bits per heavy atom. The fraction of sp³-hybridized carbons (Fsp3) is 0.174. The second-order valence-corrected chi connectivity index (χ2v) is 6.48. The average molecular weight is 389 g/mol. The minimum absolute atomic E-state index is 0.260.